The molecule has 4 aromatic rings. The molecule has 0 amide bonds. The van der Waals surface area contributed by atoms with Gasteiger partial charge >= 0.3 is 0 Å². The van der Waals surface area contributed by atoms with Crippen LogP contribution in [0, 0.1) is 23.3 Å². The van der Waals surface area contributed by atoms with Gasteiger partial charge in [0.2, 0.25) is 10.0 Å². The number of aromatic nitrogens is 2. The summed E-state index contributed by atoms with van der Waals surface area (Å²) in [7, 11) is -4.90. The fourth-order valence-electron chi connectivity index (χ4n) is 4.54. The van der Waals surface area contributed by atoms with Crippen LogP contribution in [-0.4, -0.2) is 35.6 Å². The molecule has 0 unspecified atom stereocenters. The van der Waals surface area contributed by atoms with Gasteiger partial charge in [0.1, 0.15) is 23.1 Å². The summed E-state index contributed by atoms with van der Waals surface area (Å²) in [6.07, 6.45) is 2.50. The maximum absolute atomic E-state index is 14.5. The van der Waals surface area contributed by atoms with Crippen LogP contribution in [-0.2, 0) is 16.7 Å². The third-order valence-corrected chi connectivity index (χ3v) is 8.47. The summed E-state index contributed by atoms with van der Waals surface area (Å²) in [6, 6.07) is 17.7. The van der Waals surface area contributed by atoms with Crippen LogP contribution >= 0.6 is 0 Å². The molecule has 0 spiro atoms. The molecule has 3 aromatic carbocycles. The van der Waals surface area contributed by atoms with Crippen LogP contribution in [0.3, 0.4) is 0 Å². The summed E-state index contributed by atoms with van der Waals surface area (Å²) in [5.74, 6) is -7.47. The summed E-state index contributed by atoms with van der Waals surface area (Å²) in [6.45, 7) is -2.13. The van der Waals surface area contributed by atoms with Crippen LogP contribution in [0.5, 0.6) is 11.5 Å². The Morgan fingerprint density at radius 1 is 0.872 bits per heavy atom. The molecular formula is C27H22F5N3O3S. The van der Waals surface area contributed by atoms with Crippen molar-refractivity contribution in [1.82, 2.24) is 14.1 Å². The molecule has 204 valence electrons. The third kappa shape index (κ3) is 5.13. The molecule has 1 aromatic heterocycles. The molecule has 0 N–H and O–H groups in total. The largest absolute Gasteiger partial charge is 0.457 e. The van der Waals surface area contributed by atoms with Gasteiger partial charge in [0.15, 0.2) is 23.3 Å². The summed E-state index contributed by atoms with van der Waals surface area (Å²) in [4.78, 5) is -1.53. The van der Waals surface area contributed by atoms with Crippen molar-refractivity contribution in [2.24, 2.45) is 0 Å². The number of hydrogen-bond acceptors (Lipinski definition) is 4. The second-order valence-corrected chi connectivity index (χ2v) is 10.9. The predicted octanol–water partition coefficient (Wildman–Crippen LogP) is 6.39. The molecule has 2 heterocycles. The zero-order chi connectivity index (χ0) is 27.7. The van der Waals surface area contributed by atoms with Crippen molar-refractivity contribution in [2.75, 3.05) is 13.1 Å². The SMILES string of the molecule is O=S(=O)(c1c(F)c(F)c(F)c(F)c1CF)N1CCC[C@H](n2ccc(-c3ccc(Oc4ccccc4)cc3)n2)C1. The zero-order valence-corrected chi connectivity index (χ0v) is 21.1. The van der Waals surface area contributed by atoms with Gasteiger partial charge in [0, 0.05) is 30.4 Å². The van der Waals surface area contributed by atoms with Crippen molar-refractivity contribution < 1.29 is 35.1 Å². The number of benzene rings is 3. The fraction of sp³-hybridized carbons (Fsp3) is 0.222. The highest BCUT2D eigenvalue weighted by atomic mass is 32.2. The monoisotopic (exact) mass is 563 g/mol. The molecule has 12 heteroatoms. The first-order valence-electron chi connectivity index (χ1n) is 12.0. The highest BCUT2D eigenvalue weighted by Gasteiger charge is 2.38. The molecule has 1 aliphatic heterocycles. The molecular weight excluding hydrogens is 541 g/mol. The van der Waals surface area contributed by atoms with Crippen molar-refractivity contribution in [2.45, 2.75) is 30.5 Å². The minimum atomic E-state index is -4.90. The lowest BCUT2D eigenvalue weighted by Gasteiger charge is -2.32. The smallest absolute Gasteiger partial charge is 0.246 e. The van der Waals surface area contributed by atoms with Gasteiger partial charge in [-0.15, -0.1) is 0 Å². The molecule has 0 saturated carbocycles. The van der Waals surface area contributed by atoms with Crippen LogP contribution in [0.25, 0.3) is 11.3 Å². The van der Waals surface area contributed by atoms with E-state index in [9.17, 15) is 30.4 Å². The summed E-state index contributed by atoms with van der Waals surface area (Å²) in [5.41, 5.74) is 0.00522. The second kappa shape index (κ2) is 10.8. The highest BCUT2D eigenvalue weighted by Crippen LogP contribution is 2.34. The van der Waals surface area contributed by atoms with E-state index in [4.69, 9.17) is 4.74 Å². The number of nitrogens with zero attached hydrogens (tertiary/aromatic N) is 3. The van der Waals surface area contributed by atoms with Gasteiger partial charge in [0.05, 0.1) is 11.7 Å². The highest BCUT2D eigenvalue weighted by molar-refractivity contribution is 7.89. The Balaban J connectivity index is 1.36. The number of ether oxygens (including phenoxy) is 1. The maximum atomic E-state index is 14.5. The van der Waals surface area contributed by atoms with Crippen molar-refractivity contribution >= 4 is 10.0 Å². The number of sulfonamides is 1. The van der Waals surface area contributed by atoms with E-state index in [-0.39, 0.29) is 13.1 Å². The van der Waals surface area contributed by atoms with Crippen molar-refractivity contribution in [3.63, 3.8) is 0 Å². The number of rotatable bonds is 7. The van der Waals surface area contributed by atoms with E-state index >= 15 is 0 Å². The molecule has 6 nitrogen and oxygen atoms in total. The fourth-order valence-corrected chi connectivity index (χ4v) is 6.31. The van der Waals surface area contributed by atoms with Gasteiger partial charge in [-0.25, -0.2) is 30.4 Å². The minimum Gasteiger partial charge on any atom is -0.457 e. The normalized spacial score (nSPS) is 16.4. The van der Waals surface area contributed by atoms with Gasteiger partial charge in [-0.2, -0.15) is 9.40 Å². The van der Waals surface area contributed by atoms with E-state index in [1.807, 2.05) is 42.5 Å². The first-order chi connectivity index (χ1) is 18.7. The first-order valence-corrected chi connectivity index (χ1v) is 13.4. The molecule has 1 saturated heterocycles. The molecule has 0 bridgehead atoms. The predicted molar refractivity (Wildman–Crippen MR) is 132 cm³/mol. The number of hydrogen-bond donors (Lipinski definition) is 0. The van der Waals surface area contributed by atoms with Gasteiger partial charge in [-0.1, -0.05) is 18.2 Å². The van der Waals surface area contributed by atoms with Crippen LogP contribution < -0.4 is 4.74 Å². The topological polar surface area (TPSA) is 64.4 Å². The van der Waals surface area contributed by atoms with Crippen LogP contribution in [0.15, 0.2) is 71.8 Å². The maximum Gasteiger partial charge on any atom is 0.246 e. The van der Waals surface area contributed by atoms with E-state index in [0.29, 0.717) is 30.0 Å². The minimum absolute atomic E-state index is 0.0956. The Morgan fingerprint density at radius 2 is 1.54 bits per heavy atom. The zero-order valence-electron chi connectivity index (χ0n) is 20.3. The Bertz CT molecular complexity index is 1600. The van der Waals surface area contributed by atoms with Gasteiger partial charge in [-0.3, -0.25) is 4.68 Å². The van der Waals surface area contributed by atoms with Crippen molar-refractivity contribution in [1.29, 1.82) is 0 Å². The Kier molecular flexibility index (Phi) is 7.41. The molecule has 39 heavy (non-hydrogen) atoms. The van der Waals surface area contributed by atoms with Gasteiger partial charge < -0.3 is 4.74 Å². The lowest BCUT2D eigenvalue weighted by molar-refractivity contribution is 0.252. The molecule has 1 atom stereocenters. The lowest BCUT2D eigenvalue weighted by atomic mass is 10.1. The molecule has 1 aliphatic rings. The van der Waals surface area contributed by atoms with Crippen molar-refractivity contribution in [3.05, 3.63) is 95.7 Å². The van der Waals surface area contributed by atoms with Crippen molar-refractivity contribution in [3.8, 4) is 22.8 Å². The van der Waals surface area contributed by atoms with Crippen LogP contribution in [0.2, 0.25) is 0 Å². The summed E-state index contributed by atoms with van der Waals surface area (Å²) < 4.78 is 104. The van der Waals surface area contributed by atoms with E-state index in [2.05, 4.69) is 5.10 Å². The van der Waals surface area contributed by atoms with Gasteiger partial charge in [-0.05, 0) is 55.3 Å². The van der Waals surface area contributed by atoms with E-state index in [1.54, 1.807) is 29.1 Å². The Labute approximate surface area is 221 Å². The Hall–Kier alpha value is -3.77. The molecule has 5 rings (SSSR count). The molecule has 0 aliphatic carbocycles. The number of halogens is 5. The molecule has 0 radical (unpaired) electrons. The second-order valence-electron chi connectivity index (χ2n) is 8.98. The third-order valence-electron chi connectivity index (χ3n) is 6.52. The van der Waals surface area contributed by atoms with Crippen LogP contribution in [0.1, 0.15) is 24.4 Å². The quantitative estimate of drug-likeness (QED) is 0.148. The summed E-state index contributed by atoms with van der Waals surface area (Å²) >= 11 is 0. The Morgan fingerprint density at radius 3 is 2.23 bits per heavy atom. The van der Waals surface area contributed by atoms with E-state index in [1.165, 1.54) is 0 Å². The number of alkyl halides is 1. The summed E-state index contributed by atoms with van der Waals surface area (Å²) in [5, 5.41) is 4.55. The lowest BCUT2D eigenvalue weighted by Crippen LogP contribution is -2.41. The number of para-hydroxylation sites is 1. The average molecular weight is 564 g/mol. The molecule has 1 fully saturated rings. The van der Waals surface area contributed by atoms with E-state index in [0.717, 1.165) is 9.87 Å². The number of piperidine rings is 1. The standard InChI is InChI=1S/C27H22F5N3O3S/c28-15-21-23(29)24(30)25(31)26(32)27(21)39(36,37)34-13-4-5-18(16-34)35-14-12-22(33-35)17-8-10-20(11-9-17)38-19-6-2-1-3-7-19/h1-3,6-12,14,18H,4-5,13,15-16H2/t18-/m0/s1. The van der Waals surface area contributed by atoms with Gasteiger partial charge in [0.25, 0.3) is 0 Å². The van der Waals surface area contributed by atoms with Crippen LogP contribution in [0.4, 0.5) is 22.0 Å². The average Bonchev–Trinajstić information content (AvgIpc) is 3.45. The first kappa shape index (κ1) is 26.8. The van der Waals surface area contributed by atoms with E-state index < -0.39 is 56.5 Å².